The number of nitrogens with zero attached hydrogens (tertiary/aromatic N) is 2. The second kappa shape index (κ2) is 8.20. The van der Waals surface area contributed by atoms with E-state index in [4.69, 9.17) is 15.3 Å². The van der Waals surface area contributed by atoms with Crippen molar-refractivity contribution >= 4 is 0 Å². The summed E-state index contributed by atoms with van der Waals surface area (Å²) in [7, 11) is 0. The smallest absolute Gasteiger partial charge is 0.178 e. The van der Waals surface area contributed by atoms with Crippen LogP contribution in [0.5, 0.6) is 0 Å². The summed E-state index contributed by atoms with van der Waals surface area (Å²) >= 11 is 0. The van der Waals surface area contributed by atoms with Gasteiger partial charge in [0.15, 0.2) is 6.29 Å². The van der Waals surface area contributed by atoms with Crippen LogP contribution in [-0.4, -0.2) is 29.3 Å². The third kappa shape index (κ3) is 4.06. The predicted molar refractivity (Wildman–Crippen MR) is 69.6 cm³/mol. The first-order valence-corrected chi connectivity index (χ1v) is 6.48. The Labute approximate surface area is 108 Å². The fourth-order valence-corrected chi connectivity index (χ4v) is 1.79. The van der Waals surface area contributed by atoms with Gasteiger partial charge < -0.3 is 9.47 Å². The van der Waals surface area contributed by atoms with Crippen molar-refractivity contribution in [1.29, 1.82) is 0 Å². The van der Waals surface area contributed by atoms with Crippen molar-refractivity contribution in [2.75, 3.05) is 13.2 Å². The third-order valence-electron chi connectivity index (χ3n) is 2.58. The number of hydrogen-bond acceptors (Lipinski definition) is 5. The molecule has 0 saturated heterocycles. The Kier molecular flexibility index (Phi) is 6.89. The predicted octanol–water partition coefficient (Wildman–Crippen LogP) is 1.20. The van der Waals surface area contributed by atoms with E-state index in [0.29, 0.717) is 13.2 Å². The topological polar surface area (TPSA) is 74.3 Å². The van der Waals surface area contributed by atoms with Gasteiger partial charge in [-0.15, -0.1) is 0 Å². The van der Waals surface area contributed by atoms with Gasteiger partial charge in [-0.05, 0) is 20.3 Å². The fourth-order valence-electron chi connectivity index (χ4n) is 1.79. The minimum atomic E-state index is -0.399. The molecule has 0 amide bonds. The van der Waals surface area contributed by atoms with Crippen LogP contribution in [0.4, 0.5) is 0 Å². The lowest BCUT2D eigenvalue weighted by molar-refractivity contribution is -0.155. The molecular weight excluding hydrogens is 232 g/mol. The largest absolute Gasteiger partial charge is 0.351 e. The second-order valence-corrected chi connectivity index (χ2v) is 3.96. The minimum absolute atomic E-state index is 0.212. The Morgan fingerprint density at radius 2 is 2.00 bits per heavy atom. The SMILES string of the molecule is CCCn1cc(C(NN)C(OCC)OCC)cn1. The maximum atomic E-state index is 5.60. The molecule has 1 rings (SSSR count). The van der Waals surface area contributed by atoms with E-state index < -0.39 is 6.29 Å². The van der Waals surface area contributed by atoms with E-state index in [9.17, 15) is 0 Å². The molecule has 1 heterocycles. The van der Waals surface area contributed by atoms with Crippen LogP contribution in [0.25, 0.3) is 0 Å². The molecule has 0 aliphatic rings. The summed E-state index contributed by atoms with van der Waals surface area (Å²) < 4.78 is 13.0. The number of rotatable bonds is 9. The Hall–Kier alpha value is -0.950. The fraction of sp³-hybridized carbons (Fsp3) is 0.750. The van der Waals surface area contributed by atoms with Crippen LogP contribution in [-0.2, 0) is 16.0 Å². The molecule has 0 aromatic carbocycles. The summed E-state index contributed by atoms with van der Waals surface area (Å²) in [5, 5.41) is 4.29. The molecule has 0 radical (unpaired) electrons. The van der Waals surface area contributed by atoms with Crippen LogP contribution in [0.3, 0.4) is 0 Å². The van der Waals surface area contributed by atoms with E-state index in [0.717, 1.165) is 18.5 Å². The van der Waals surface area contributed by atoms with Crippen molar-refractivity contribution in [3.8, 4) is 0 Å². The molecule has 0 spiro atoms. The number of hydrogen-bond donors (Lipinski definition) is 2. The Bertz CT molecular complexity index is 324. The normalized spacial score (nSPS) is 13.2. The van der Waals surface area contributed by atoms with Crippen molar-refractivity contribution in [3.63, 3.8) is 0 Å². The summed E-state index contributed by atoms with van der Waals surface area (Å²) in [6.45, 7) is 8.02. The molecule has 1 aromatic heterocycles. The van der Waals surface area contributed by atoms with Gasteiger partial charge in [0.1, 0.15) is 0 Å². The quantitative estimate of drug-likeness (QED) is 0.394. The van der Waals surface area contributed by atoms with Crippen LogP contribution in [0.1, 0.15) is 38.8 Å². The number of ether oxygens (including phenoxy) is 2. The highest BCUT2D eigenvalue weighted by Gasteiger charge is 2.24. The molecule has 0 bridgehead atoms. The van der Waals surface area contributed by atoms with E-state index in [-0.39, 0.29) is 6.04 Å². The van der Waals surface area contributed by atoms with Gasteiger partial charge in [-0.3, -0.25) is 10.5 Å². The molecule has 0 saturated carbocycles. The molecule has 0 fully saturated rings. The highest BCUT2D eigenvalue weighted by Crippen LogP contribution is 2.19. The van der Waals surface area contributed by atoms with Crippen molar-refractivity contribution in [2.45, 2.75) is 46.1 Å². The lowest BCUT2D eigenvalue weighted by Crippen LogP contribution is -2.39. The Morgan fingerprint density at radius 1 is 1.33 bits per heavy atom. The molecular formula is C12H24N4O2. The van der Waals surface area contributed by atoms with Crippen molar-refractivity contribution in [3.05, 3.63) is 18.0 Å². The van der Waals surface area contributed by atoms with Crippen LogP contribution >= 0.6 is 0 Å². The van der Waals surface area contributed by atoms with Gasteiger partial charge in [-0.25, -0.2) is 5.43 Å². The minimum Gasteiger partial charge on any atom is -0.351 e. The molecule has 3 N–H and O–H groups in total. The summed E-state index contributed by atoms with van der Waals surface area (Å²) in [5.41, 5.74) is 3.71. The van der Waals surface area contributed by atoms with Crippen molar-refractivity contribution in [1.82, 2.24) is 15.2 Å². The lowest BCUT2D eigenvalue weighted by Gasteiger charge is -2.25. The first-order valence-electron chi connectivity index (χ1n) is 6.48. The van der Waals surface area contributed by atoms with Crippen LogP contribution in [0.2, 0.25) is 0 Å². The first-order chi connectivity index (χ1) is 8.76. The Balaban J connectivity index is 2.77. The Morgan fingerprint density at radius 3 is 2.50 bits per heavy atom. The van der Waals surface area contributed by atoms with Crippen molar-refractivity contribution in [2.24, 2.45) is 5.84 Å². The summed E-state index contributed by atoms with van der Waals surface area (Å²) in [6, 6.07) is -0.212. The van der Waals surface area contributed by atoms with Gasteiger partial charge in [0.05, 0.1) is 12.2 Å². The molecule has 104 valence electrons. The molecule has 1 atom stereocenters. The monoisotopic (exact) mass is 256 g/mol. The number of aryl methyl sites for hydroxylation is 1. The molecule has 1 unspecified atom stereocenters. The first kappa shape index (κ1) is 15.1. The molecule has 0 aliphatic carbocycles. The van der Waals surface area contributed by atoms with Crippen LogP contribution in [0.15, 0.2) is 12.4 Å². The van der Waals surface area contributed by atoms with E-state index in [1.165, 1.54) is 0 Å². The average molecular weight is 256 g/mol. The lowest BCUT2D eigenvalue weighted by atomic mass is 10.1. The number of hydrazine groups is 1. The zero-order valence-corrected chi connectivity index (χ0v) is 11.4. The van der Waals surface area contributed by atoms with Gasteiger partial charge in [0.2, 0.25) is 0 Å². The maximum Gasteiger partial charge on any atom is 0.178 e. The number of nitrogens with two attached hydrogens (primary N) is 1. The van der Waals surface area contributed by atoms with E-state index in [1.807, 2.05) is 24.7 Å². The number of nitrogens with one attached hydrogen (secondary N) is 1. The summed E-state index contributed by atoms with van der Waals surface area (Å²) in [4.78, 5) is 0. The molecule has 6 nitrogen and oxygen atoms in total. The summed E-state index contributed by atoms with van der Waals surface area (Å²) in [5.74, 6) is 5.60. The number of aromatic nitrogens is 2. The zero-order valence-electron chi connectivity index (χ0n) is 11.4. The van der Waals surface area contributed by atoms with Gasteiger partial charge in [0.25, 0.3) is 0 Å². The molecule has 6 heteroatoms. The average Bonchev–Trinajstić information content (AvgIpc) is 2.80. The van der Waals surface area contributed by atoms with Crippen LogP contribution < -0.4 is 11.3 Å². The van der Waals surface area contributed by atoms with E-state index >= 15 is 0 Å². The molecule has 18 heavy (non-hydrogen) atoms. The van der Waals surface area contributed by atoms with Crippen molar-refractivity contribution < 1.29 is 9.47 Å². The standard InChI is InChI=1S/C12H24N4O2/c1-4-7-16-9-10(8-14-16)11(15-13)12(17-5-2)18-6-3/h8-9,11-12,15H,4-7,13H2,1-3H3. The highest BCUT2D eigenvalue weighted by molar-refractivity contribution is 5.11. The molecule has 1 aromatic rings. The van der Waals surface area contributed by atoms with Gasteiger partial charge in [-0.2, -0.15) is 5.10 Å². The van der Waals surface area contributed by atoms with Gasteiger partial charge >= 0.3 is 0 Å². The highest BCUT2D eigenvalue weighted by atomic mass is 16.7. The summed E-state index contributed by atoms with van der Waals surface area (Å²) in [6.07, 6.45) is 4.41. The van der Waals surface area contributed by atoms with E-state index in [2.05, 4.69) is 17.4 Å². The van der Waals surface area contributed by atoms with E-state index in [1.54, 1.807) is 6.20 Å². The second-order valence-electron chi connectivity index (χ2n) is 3.96. The zero-order chi connectivity index (χ0) is 13.4. The maximum absolute atomic E-state index is 5.60. The molecule has 0 aliphatic heterocycles. The van der Waals surface area contributed by atoms with Gasteiger partial charge in [0, 0.05) is 31.5 Å². The third-order valence-corrected chi connectivity index (χ3v) is 2.58. The van der Waals surface area contributed by atoms with Crippen LogP contribution in [0, 0.1) is 0 Å². The van der Waals surface area contributed by atoms with Gasteiger partial charge in [-0.1, -0.05) is 6.92 Å².